The maximum absolute atomic E-state index is 4.72. The Bertz CT molecular complexity index is 552. The predicted octanol–water partition coefficient (Wildman–Crippen LogP) is 4.21. The van der Waals surface area contributed by atoms with Crippen molar-refractivity contribution in [1.29, 1.82) is 0 Å². The van der Waals surface area contributed by atoms with Crippen LogP contribution in [0.2, 0.25) is 0 Å². The van der Waals surface area contributed by atoms with E-state index in [-0.39, 0.29) is 5.54 Å². The molecule has 0 atom stereocenters. The molecule has 2 aromatic rings. The van der Waals surface area contributed by atoms with Gasteiger partial charge in [0, 0.05) is 5.54 Å². The molecule has 0 bridgehead atoms. The summed E-state index contributed by atoms with van der Waals surface area (Å²) in [5.41, 5.74) is 2.59. The summed E-state index contributed by atoms with van der Waals surface area (Å²) in [5, 5.41) is 4.67. The van der Waals surface area contributed by atoms with Gasteiger partial charge in [0.2, 0.25) is 0 Å². The van der Waals surface area contributed by atoms with Crippen molar-refractivity contribution >= 4 is 26.7 Å². The summed E-state index contributed by atoms with van der Waals surface area (Å²) in [6.07, 6.45) is 2.70. The molecule has 1 aromatic carbocycles. The van der Waals surface area contributed by atoms with Gasteiger partial charge in [0.25, 0.3) is 0 Å². The smallest absolute Gasteiger partial charge is 0.184 e. The second kappa shape index (κ2) is 3.70. The van der Waals surface area contributed by atoms with E-state index in [4.69, 9.17) is 4.98 Å². The van der Waals surface area contributed by atoms with Crippen molar-refractivity contribution in [3.05, 3.63) is 23.8 Å². The van der Waals surface area contributed by atoms with Crippen molar-refractivity contribution in [2.45, 2.75) is 39.2 Å². The van der Waals surface area contributed by atoms with Gasteiger partial charge in [0.05, 0.1) is 10.2 Å². The van der Waals surface area contributed by atoms with Crippen molar-refractivity contribution in [2.24, 2.45) is 5.92 Å². The average molecular weight is 246 g/mol. The van der Waals surface area contributed by atoms with Crippen LogP contribution < -0.4 is 5.32 Å². The van der Waals surface area contributed by atoms with Gasteiger partial charge in [-0.15, -0.1) is 0 Å². The second-order valence-electron chi connectivity index (χ2n) is 5.56. The van der Waals surface area contributed by atoms with E-state index in [0.29, 0.717) is 0 Å². The third-order valence-electron chi connectivity index (χ3n) is 3.65. The molecule has 1 saturated carbocycles. The molecule has 1 aliphatic carbocycles. The third-order valence-corrected chi connectivity index (χ3v) is 4.58. The summed E-state index contributed by atoms with van der Waals surface area (Å²) >= 11 is 1.76. The SMILES string of the molecule is Cc1cccc2sc(NC(C)(C)C3CC3)nc12. The quantitative estimate of drug-likeness (QED) is 0.877. The standard InChI is InChI=1S/C14H18N2S/c1-9-5-4-6-11-12(9)15-13(17-11)16-14(2,3)10-7-8-10/h4-6,10H,7-8H2,1-3H3,(H,15,16). The van der Waals surface area contributed by atoms with Gasteiger partial charge in [-0.1, -0.05) is 23.5 Å². The Morgan fingerprint density at radius 1 is 1.35 bits per heavy atom. The van der Waals surface area contributed by atoms with E-state index < -0.39 is 0 Å². The molecule has 0 aliphatic heterocycles. The van der Waals surface area contributed by atoms with Crippen molar-refractivity contribution in [3.63, 3.8) is 0 Å². The van der Waals surface area contributed by atoms with Crippen LogP contribution in [0.1, 0.15) is 32.3 Å². The number of hydrogen-bond acceptors (Lipinski definition) is 3. The zero-order chi connectivity index (χ0) is 12.0. The number of anilines is 1. The molecule has 0 radical (unpaired) electrons. The van der Waals surface area contributed by atoms with Gasteiger partial charge < -0.3 is 5.32 Å². The molecular weight excluding hydrogens is 228 g/mol. The molecule has 0 saturated heterocycles. The van der Waals surface area contributed by atoms with E-state index >= 15 is 0 Å². The largest absolute Gasteiger partial charge is 0.356 e. The average Bonchev–Trinajstić information content (AvgIpc) is 3.02. The first kappa shape index (κ1) is 11.0. The lowest BCUT2D eigenvalue weighted by Crippen LogP contribution is -2.33. The highest BCUT2D eigenvalue weighted by atomic mass is 32.1. The van der Waals surface area contributed by atoms with Crippen LogP contribution in [0.3, 0.4) is 0 Å². The monoisotopic (exact) mass is 246 g/mol. The summed E-state index contributed by atoms with van der Waals surface area (Å²) in [5.74, 6) is 0.815. The Balaban J connectivity index is 1.93. The van der Waals surface area contributed by atoms with Crippen LogP contribution >= 0.6 is 11.3 Å². The van der Waals surface area contributed by atoms with Gasteiger partial charge in [-0.25, -0.2) is 4.98 Å². The number of para-hydroxylation sites is 1. The number of aromatic nitrogens is 1. The van der Waals surface area contributed by atoms with Crippen molar-refractivity contribution in [3.8, 4) is 0 Å². The van der Waals surface area contributed by atoms with Crippen molar-refractivity contribution < 1.29 is 0 Å². The highest BCUT2D eigenvalue weighted by Crippen LogP contribution is 2.42. The molecule has 3 rings (SSSR count). The third kappa shape index (κ3) is 2.04. The lowest BCUT2D eigenvalue weighted by molar-refractivity contribution is 0.494. The first-order valence-electron chi connectivity index (χ1n) is 6.20. The molecule has 90 valence electrons. The minimum Gasteiger partial charge on any atom is -0.356 e. The molecule has 2 nitrogen and oxygen atoms in total. The fourth-order valence-electron chi connectivity index (χ4n) is 2.32. The van der Waals surface area contributed by atoms with E-state index in [0.717, 1.165) is 16.6 Å². The highest BCUT2D eigenvalue weighted by molar-refractivity contribution is 7.22. The van der Waals surface area contributed by atoms with E-state index in [2.05, 4.69) is 44.3 Å². The maximum atomic E-state index is 4.72. The molecule has 0 unspecified atom stereocenters. The van der Waals surface area contributed by atoms with Crippen LogP contribution in [0, 0.1) is 12.8 Å². The van der Waals surface area contributed by atoms with Gasteiger partial charge >= 0.3 is 0 Å². The number of nitrogens with zero attached hydrogens (tertiary/aromatic N) is 1. The van der Waals surface area contributed by atoms with Gasteiger partial charge in [0.15, 0.2) is 5.13 Å². The van der Waals surface area contributed by atoms with Gasteiger partial charge in [-0.3, -0.25) is 0 Å². The fourth-order valence-corrected chi connectivity index (χ4v) is 3.43. The molecule has 0 amide bonds. The zero-order valence-electron chi connectivity index (χ0n) is 10.6. The number of nitrogens with one attached hydrogen (secondary N) is 1. The molecular formula is C14H18N2S. The van der Waals surface area contributed by atoms with Crippen LogP contribution in [-0.4, -0.2) is 10.5 Å². The lowest BCUT2D eigenvalue weighted by atomic mass is 9.99. The van der Waals surface area contributed by atoms with Crippen LogP contribution in [-0.2, 0) is 0 Å². The van der Waals surface area contributed by atoms with Crippen LogP contribution in [0.4, 0.5) is 5.13 Å². The summed E-state index contributed by atoms with van der Waals surface area (Å²) in [6, 6.07) is 6.37. The lowest BCUT2D eigenvalue weighted by Gasteiger charge is -2.25. The molecule has 0 spiro atoms. The number of thiazole rings is 1. The Labute approximate surface area is 106 Å². The maximum Gasteiger partial charge on any atom is 0.184 e. The molecule has 3 heteroatoms. The summed E-state index contributed by atoms with van der Waals surface area (Å²) in [6.45, 7) is 6.69. The first-order chi connectivity index (χ1) is 8.06. The Morgan fingerprint density at radius 2 is 2.12 bits per heavy atom. The van der Waals surface area contributed by atoms with Crippen molar-refractivity contribution in [1.82, 2.24) is 4.98 Å². The minimum atomic E-state index is 0.182. The van der Waals surface area contributed by atoms with Gasteiger partial charge in [-0.05, 0) is 51.2 Å². The number of benzene rings is 1. The predicted molar refractivity (Wildman–Crippen MR) is 74.8 cm³/mol. The zero-order valence-corrected chi connectivity index (χ0v) is 11.4. The molecule has 17 heavy (non-hydrogen) atoms. The van der Waals surface area contributed by atoms with E-state index in [1.54, 1.807) is 11.3 Å². The van der Waals surface area contributed by atoms with E-state index in [1.807, 2.05) is 0 Å². The molecule has 1 fully saturated rings. The topological polar surface area (TPSA) is 24.9 Å². The number of aryl methyl sites for hydroxylation is 1. The molecule has 1 N–H and O–H groups in total. The number of fused-ring (bicyclic) bond motifs is 1. The first-order valence-corrected chi connectivity index (χ1v) is 7.02. The summed E-state index contributed by atoms with van der Waals surface area (Å²) in [7, 11) is 0. The second-order valence-corrected chi connectivity index (χ2v) is 6.59. The summed E-state index contributed by atoms with van der Waals surface area (Å²) in [4.78, 5) is 4.72. The molecule has 1 aliphatic rings. The minimum absolute atomic E-state index is 0.182. The number of hydrogen-bond donors (Lipinski definition) is 1. The Hall–Kier alpha value is -1.09. The van der Waals surface area contributed by atoms with E-state index in [9.17, 15) is 0 Å². The molecule has 1 heterocycles. The van der Waals surface area contributed by atoms with Crippen LogP contribution in [0.25, 0.3) is 10.2 Å². The Kier molecular flexibility index (Phi) is 2.40. The highest BCUT2D eigenvalue weighted by Gasteiger charge is 2.38. The summed E-state index contributed by atoms with van der Waals surface area (Å²) < 4.78 is 1.28. The van der Waals surface area contributed by atoms with Gasteiger partial charge in [0.1, 0.15) is 0 Å². The van der Waals surface area contributed by atoms with Gasteiger partial charge in [-0.2, -0.15) is 0 Å². The number of rotatable bonds is 3. The van der Waals surface area contributed by atoms with Crippen molar-refractivity contribution in [2.75, 3.05) is 5.32 Å². The Morgan fingerprint density at radius 3 is 2.76 bits per heavy atom. The van der Waals surface area contributed by atoms with Crippen LogP contribution in [0.15, 0.2) is 18.2 Å². The van der Waals surface area contributed by atoms with Crippen LogP contribution in [0.5, 0.6) is 0 Å². The fraction of sp³-hybridized carbons (Fsp3) is 0.500. The van der Waals surface area contributed by atoms with E-state index in [1.165, 1.54) is 23.1 Å². The normalized spacial score (nSPS) is 16.4. The molecule has 1 aromatic heterocycles.